The molecule has 0 radical (unpaired) electrons. The molecule has 2 aromatic rings. The van der Waals surface area contributed by atoms with Crippen molar-refractivity contribution in [3.63, 3.8) is 0 Å². The van der Waals surface area contributed by atoms with E-state index in [1.165, 1.54) is 5.56 Å². The molecule has 0 bridgehead atoms. The van der Waals surface area contributed by atoms with E-state index in [1.807, 2.05) is 16.9 Å². The fourth-order valence-electron chi connectivity index (χ4n) is 2.86. The first-order valence-corrected chi connectivity index (χ1v) is 7.73. The molecule has 0 aliphatic carbocycles. The molecule has 0 spiro atoms. The van der Waals surface area contributed by atoms with E-state index in [1.54, 1.807) is 13.3 Å². The normalized spacial score (nSPS) is 17.9. The van der Waals surface area contributed by atoms with Crippen LogP contribution in [0.3, 0.4) is 0 Å². The van der Waals surface area contributed by atoms with E-state index in [0.717, 1.165) is 36.6 Å². The third kappa shape index (κ3) is 3.25. The summed E-state index contributed by atoms with van der Waals surface area (Å²) in [6.45, 7) is 5.86. The second-order valence-corrected chi connectivity index (χ2v) is 5.92. The highest BCUT2D eigenvalue weighted by Crippen LogP contribution is 2.36. The third-order valence-electron chi connectivity index (χ3n) is 3.94. The van der Waals surface area contributed by atoms with E-state index in [-0.39, 0.29) is 6.10 Å². The van der Waals surface area contributed by atoms with Crippen LogP contribution in [0, 0.1) is 0 Å². The first kappa shape index (κ1) is 14.9. The molecule has 1 aromatic heterocycles. The van der Waals surface area contributed by atoms with Gasteiger partial charge in [0.1, 0.15) is 17.6 Å². The van der Waals surface area contributed by atoms with Gasteiger partial charge in [-0.15, -0.1) is 0 Å². The molecule has 1 aromatic carbocycles. The van der Waals surface area contributed by atoms with Crippen LogP contribution in [0.25, 0.3) is 0 Å². The van der Waals surface area contributed by atoms with Crippen LogP contribution in [0.2, 0.25) is 0 Å². The molecule has 1 aliphatic rings. The smallest absolute Gasteiger partial charge is 0.127 e. The Morgan fingerprint density at radius 3 is 3.09 bits per heavy atom. The van der Waals surface area contributed by atoms with Crippen molar-refractivity contribution in [3.8, 4) is 11.5 Å². The maximum Gasteiger partial charge on any atom is 0.127 e. The van der Waals surface area contributed by atoms with Gasteiger partial charge in [0.15, 0.2) is 0 Å². The summed E-state index contributed by atoms with van der Waals surface area (Å²) >= 11 is 0. The standard InChI is InChI=1S/C17H23N3O2/c1-12(11-20-6-4-5-19-20)18-10-15-9-16(21-3)8-14-7-13(2)22-17(14)15/h4-6,8-9,12-13,18H,7,10-11H2,1-3H3/t12-,13-/m0/s1. The number of aromatic nitrogens is 2. The SMILES string of the molecule is COc1cc(CN[C@@H](C)Cn2cccn2)c2c(c1)C[C@H](C)O2. The number of hydrogen-bond acceptors (Lipinski definition) is 4. The zero-order valence-electron chi connectivity index (χ0n) is 13.4. The minimum absolute atomic E-state index is 0.238. The van der Waals surface area contributed by atoms with E-state index in [4.69, 9.17) is 9.47 Å². The third-order valence-corrected chi connectivity index (χ3v) is 3.94. The van der Waals surface area contributed by atoms with E-state index < -0.39 is 0 Å². The van der Waals surface area contributed by atoms with Crippen LogP contribution in [0.4, 0.5) is 0 Å². The molecular formula is C17H23N3O2. The number of benzene rings is 1. The summed E-state index contributed by atoms with van der Waals surface area (Å²) in [6.07, 6.45) is 4.97. The molecule has 1 aliphatic heterocycles. The van der Waals surface area contributed by atoms with E-state index >= 15 is 0 Å². The predicted octanol–water partition coefficient (Wildman–Crippen LogP) is 2.39. The molecule has 2 heterocycles. The van der Waals surface area contributed by atoms with E-state index in [0.29, 0.717) is 6.04 Å². The average molecular weight is 301 g/mol. The Labute approximate surface area is 131 Å². The molecule has 0 saturated carbocycles. The quantitative estimate of drug-likeness (QED) is 0.890. The Kier molecular flexibility index (Phi) is 4.34. The molecule has 22 heavy (non-hydrogen) atoms. The Morgan fingerprint density at radius 1 is 1.50 bits per heavy atom. The Bertz CT molecular complexity index is 625. The van der Waals surface area contributed by atoms with Crippen molar-refractivity contribution in [3.05, 3.63) is 41.7 Å². The van der Waals surface area contributed by atoms with E-state index in [9.17, 15) is 0 Å². The summed E-state index contributed by atoms with van der Waals surface area (Å²) in [6, 6.07) is 6.40. The van der Waals surface area contributed by atoms with Gasteiger partial charge in [0.25, 0.3) is 0 Å². The van der Waals surface area contributed by atoms with Crippen molar-refractivity contribution in [2.45, 2.75) is 45.5 Å². The van der Waals surface area contributed by atoms with Crippen LogP contribution in [-0.4, -0.2) is 29.0 Å². The number of rotatable bonds is 6. The van der Waals surface area contributed by atoms with Crippen molar-refractivity contribution in [2.24, 2.45) is 0 Å². The largest absolute Gasteiger partial charge is 0.497 e. The lowest BCUT2D eigenvalue weighted by atomic mass is 10.1. The van der Waals surface area contributed by atoms with Crippen LogP contribution < -0.4 is 14.8 Å². The lowest BCUT2D eigenvalue weighted by molar-refractivity contribution is 0.251. The Balaban J connectivity index is 1.68. The summed E-state index contributed by atoms with van der Waals surface area (Å²) in [5.74, 6) is 1.92. The Morgan fingerprint density at radius 2 is 2.36 bits per heavy atom. The van der Waals surface area contributed by atoms with Crippen LogP contribution in [0.15, 0.2) is 30.6 Å². The number of fused-ring (bicyclic) bond motifs is 1. The minimum atomic E-state index is 0.238. The van der Waals surface area contributed by atoms with Crippen LogP contribution in [0.5, 0.6) is 11.5 Å². The summed E-state index contributed by atoms with van der Waals surface area (Å²) in [5.41, 5.74) is 2.40. The molecule has 1 N–H and O–H groups in total. The monoisotopic (exact) mass is 301 g/mol. The first-order valence-electron chi connectivity index (χ1n) is 7.73. The van der Waals surface area contributed by atoms with Gasteiger partial charge in [0.05, 0.1) is 13.7 Å². The zero-order valence-corrected chi connectivity index (χ0v) is 13.4. The molecule has 5 nitrogen and oxygen atoms in total. The highest BCUT2D eigenvalue weighted by molar-refractivity contribution is 5.49. The van der Waals surface area contributed by atoms with Gasteiger partial charge in [0.2, 0.25) is 0 Å². The number of hydrogen-bond donors (Lipinski definition) is 1. The maximum atomic E-state index is 5.96. The summed E-state index contributed by atoms with van der Waals surface area (Å²) < 4.78 is 13.3. The number of nitrogens with zero attached hydrogens (tertiary/aromatic N) is 2. The number of methoxy groups -OCH3 is 1. The summed E-state index contributed by atoms with van der Waals surface area (Å²) in [7, 11) is 1.71. The van der Waals surface area contributed by atoms with Gasteiger partial charge >= 0.3 is 0 Å². The van der Waals surface area contributed by atoms with Crippen molar-refractivity contribution in [2.75, 3.05) is 7.11 Å². The number of ether oxygens (including phenoxy) is 2. The molecule has 2 atom stereocenters. The van der Waals surface area contributed by atoms with Crippen LogP contribution >= 0.6 is 0 Å². The van der Waals surface area contributed by atoms with Gasteiger partial charge in [-0.2, -0.15) is 5.10 Å². The molecule has 5 heteroatoms. The highest BCUT2D eigenvalue weighted by Gasteiger charge is 2.23. The number of nitrogens with one attached hydrogen (secondary N) is 1. The molecule has 0 saturated heterocycles. The predicted molar refractivity (Wildman–Crippen MR) is 85.3 cm³/mol. The molecule has 3 rings (SSSR count). The van der Waals surface area contributed by atoms with Gasteiger partial charge < -0.3 is 14.8 Å². The van der Waals surface area contributed by atoms with Crippen LogP contribution in [0.1, 0.15) is 25.0 Å². The summed E-state index contributed by atoms with van der Waals surface area (Å²) in [5, 5.41) is 7.77. The van der Waals surface area contributed by atoms with Crippen molar-refractivity contribution < 1.29 is 9.47 Å². The Hall–Kier alpha value is -2.01. The lowest BCUT2D eigenvalue weighted by Gasteiger charge is -2.16. The molecule has 0 amide bonds. The summed E-state index contributed by atoms with van der Waals surface area (Å²) in [4.78, 5) is 0. The lowest BCUT2D eigenvalue weighted by Crippen LogP contribution is -2.30. The topological polar surface area (TPSA) is 48.3 Å². The van der Waals surface area contributed by atoms with Gasteiger partial charge in [-0.1, -0.05) is 0 Å². The van der Waals surface area contributed by atoms with E-state index in [2.05, 4.69) is 36.4 Å². The fourth-order valence-corrected chi connectivity index (χ4v) is 2.86. The average Bonchev–Trinajstić information content (AvgIpc) is 3.12. The van der Waals surface area contributed by atoms with Crippen molar-refractivity contribution in [1.82, 2.24) is 15.1 Å². The molecular weight excluding hydrogens is 278 g/mol. The highest BCUT2D eigenvalue weighted by atomic mass is 16.5. The van der Waals surface area contributed by atoms with Crippen LogP contribution in [-0.2, 0) is 19.5 Å². The van der Waals surface area contributed by atoms with Gasteiger partial charge in [-0.25, -0.2) is 0 Å². The van der Waals surface area contributed by atoms with Crippen molar-refractivity contribution >= 4 is 0 Å². The second kappa shape index (κ2) is 6.40. The second-order valence-electron chi connectivity index (χ2n) is 5.92. The van der Waals surface area contributed by atoms with Gasteiger partial charge in [0, 0.05) is 42.5 Å². The maximum absolute atomic E-state index is 5.96. The molecule has 0 unspecified atom stereocenters. The zero-order chi connectivity index (χ0) is 15.5. The fraction of sp³-hybridized carbons (Fsp3) is 0.471. The van der Waals surface area contributed by atoms with Gasteiger partial charge in [-0.05, 0) is 32.0 Å². The minimum Gasteiger partial charge on any atom is -0.497 e. The van der Waals surface area contributed by atoms with Gasteiger partial charge in [-0.3, -0.25) is 4.68 Å². The first-order chi connectivity index (χ1) is 10.7. The molecule has 0 fully saturated rings. The van der Waals surface area contributed by atoms with Crippen molar-refractivity contribution in [1.29, 1.82) is 0 Å². The molecule has 118 valence electrons.